The highest BCUT2D eigenvalue weighted by Crippen LogP contribution is 2.23. The number of carbonyl (C=O) groups is 1. The van der Waals surface area contributed by atoms with E-state index in [1.54, 1.807) is 18.2 Å². The van der Waals surface area contributed by atoms with Gasteiger partial charge >= 0.3 is 0 Å². The van der Waals surface area contributed by atoms with Gasteiger partial charge in [-0.15, -0.1) is 0 Å². The Morgan fingerprint density at radius 1 is 1.44 bits per heavy atom. The Labute approximate surface area is 108 Å². The molecule has 1 aliphatic rings. The quantitative estimate of drug-likeness (QED) is 0.792. The van der Waals surface area contributed by atoms with E-state index in [1.165, 1.54) is 0 Å². The van der Waals surface area contributed by atoms with E-state index in [-0.39, 0.29) is 17.2 Å². The number of aromatic hydroxyl groups is 1. The van der Waals surface area contributed by atoms with Gasteiger partial charge in [-0.25, -0.2) is 0 Å². The van der Waals surface area contributed by atoms with Crippen LogP contribution in [0.25, 0.3) is 0 Å². The number of benzene rings is 1. The number of nitrogens with one attached hydrogen (secondary N) is 1. The predicted octanol–water partition coefficient (Wildman–Crippen LogP) is 1.52. The molecule has 0 radical (unpaired) electrons. The molecule has 0 saturated carbocycles. The third-order valence-corrected chi connectivity index (χ3v) is 3.49. The maximum absolute atomic E-state index is 12.6. The van der Waals surface area contributed by atoms with Crippen LogP contribution in [0.4, 0.5) is 0 Å². The number of hydrogen-bond donors (Lipinski definition) is 2. The van der Waals surface area contributed by atoms with Gasteiger partial charge in [-0.2, -0.15) is 0 Å². The second-order valence-electron chi connectivity index (χ2n) is 5.45. The molecule has 2 rings (SSSR count). The van der Waals surface area contributed by atoms with Crippen LogP contribution in [0, 0.1) is 6.92 Å². The minimum Gasteiger partial charge on any atom is -0.508 e. The van der Waals surface area contributed by atoms with Gasteiger partial charge in [-0.05, 0) is 44.5 Å². The van der Waals surface area contributed by atoms with E-state index in [2.05, 4.69) is 19.2 Å². The summed E-state index contributed by atoms with van der Waals surface area (Å²) in [5.74, 6) is 0.239. The molecule has 1 heterocycles. The van der Waals surface area contributed by atoms with Gasteiger partial charge in [-0.3, -0.25) is 4.79 Å². The minimum atomic E-state index is -0.181. The molecule has 2 N–H and O–H groups in total. The Kier molecular flexibility index (Phi) is 3.30. The van der Waals surface area contributed by atoms with Crippen molar-refractivity contribution in [3.05, 3.63) is 29.3 Å². The number of carbonyl (C=O) groups excluding carboxylic acids is 1. The van der Waals surface area contributed by atoms with Crippen LogP contribution >= 0.6 is 0 Å². The maximum atomic E-state index is 12.6. The lowest BCUT2D eigenvalue weighted by molar-refractivity contribution is 0.0477. The molecule has 1 aliphatic heterocycles. The van der Waals surface area contributed by atoms with E-state index in [0.717, 1.165) is 18.7 Å². The fraction of sp³-hybridized carbons (Fsp3) is 0.500. The first-order valence-corrected chi connectivity index (χ1v) is 6.24. The molecule has 0 unspecified atom stereocenters. The molecule has 1 amide bonds. The molecule has 0 spiro atoms. The second kappa shape index (κ2) is 4.61. The van der Waals surface area contributed by atoms with Crippen LogP contribution in [0.5, 0.6) is 5.75 Å². The van der Waals surface area contributed by atoms with Crippen LogP contribution in [0.3, 0.4) is 0 Å². The molecular formula is C14H20N2O2. The van der Waals surface area contributed by atoms with Crippen molar-refractivity contribution >= 4 is 5.91 Å². The number of aryl methyl sites for hydroxylation is 1. The highest BCUT2D eigenvalue weighted by molar-refractivity contribution is 5.96. The van der Waals surface area contributed by atoms with E-state index in [1.807, 2.05) is 11.8 Å². The van der Waals surface area contributed by atoms with Gasteiger partial charge in [0.25, 0.3) is 5.91 Å². The fourth-order valence-electron chi connectivity index (χ4n) is 2.39. The molecule has 1 aromatic rings. The van der Waals surface area contributed by atoms with Gasteiger partial charge in [0.05, 0.1) is 5.54 Å². The number of phenolic OH excluding ortho intramolecular Hbond substituents is 1. The van der Waals surface area contributed by atoms with Gasteiger partial charge in [0.2, 0.25) is 0 Å². The molecule has 1 fully saturated rings. The summed E-state index contributed by atoms with van der Waals surface area (Å²) in [6.45, 7) is 8.32. The van der Waals surface area contributed by atoms with E-state index < -0.39 is 0 Å². The normalized spacial score (nSPS) is 18.7. The monoisotopic (exact) mass is 248 g/mol. The Bertz CT molecular complexity index is 469. The summed E-state index contributed by atoms with van der Waals surface area (Å²) in [4.78, 5) is 14.5. The first kappa shape index (κ1) is 12.9. The molecule has 0 aromatic heterocycles. The van der Waals surface area contributed by atoms with Crippen molar-refractivity contribution in [2.75, 3.05) is 19.6 Å². The van der Waals surface area contributed by atoms with Crippen LogP contribution in [0.2, 0.25) is 0 Å². The lowest BCUT2D eigenvalue weighted by atomic mass is 9.97. The average Bonchev–Trinajstić information content (AvgIpc) is 2.27. The number of amides is 1. The SMILES string of the molecule is Cc1cc(O)ccc1C(=O)N1CCNCC1(C)C. The summed E-state index contributed by atoms with van der Waals surface area (Å²) in [5, 5.41) is 12.7. The molecule has 1 saturated heterocycles. The van der Waals surface area contributed by atoms with Crippen LogP contribution in [-0.2, 0) is 0 Å². The second-order valence-corrected chi connectivity index (χ2v) is 5.45. The fourth-order valence-corrected chi connectivity index (χ4v) is 2.39. The largest absolute Gasteiger partial charge is 0.508 e. The number of phenols is 1. The molecule has 0 atom stereocenters. The Morgan fingerprint density at radius 2 is 2.17 bits per heavy atom. The summed E-state index contributed by atoms with van der Waals surface area (Å²) in [6.07, 6.45) is 0. The van der Waals surface area contributed by atoms with Gasteiger partial charge in [0.1, 0.15) is 5.75 Å². The van der Waals surface area contributed by atoms with Crippen molar-refractivity contribution in [3.63, 3.8) is 0 Å². The van der Waals surface area contributed by atoms with Gasteiger partial charge in [-0.1, -0.05) is 0 Å². The summed E-state index contributed by atoms with van der Waals surface area (Å²) in [6, 6.07) is 4.89. The van der Waals surface area contributed by atoms with Crippen LogP contribution < -0.4 is 5.32 Å². The molecule has 0 aliphatic carbocycles. The highest BCUT2D eigenvalue weighted by atomic mass is 16.3. The lowest BCUT2D eigenvalue weighted by Gasteiger charge is -2.43. The summed E-state index contributed by atoms with van der Waals surface area (Å²) in [5.41, 5.74) is 1.30. The van der Waals surface area contributed by atoms with Crippen molar-refractivity contribution in [3.8, 4) is 5.75 Å². The van der Waals surface area contributed by atoms with E-state index in [0.29, 0.717) is 12.1 Å². The smallest absolute Gasteiger partial charge is 0.254 e. The number of nitrogens with zero attached hydrogens (tertiary/aromatic N) is 1. The van der Waals surface area contributed by atoms with Crippen LogP contribution in [0.1, 0.15) is 29.8 Å². The Hall–Kier alpha value is -1.55. The first-order chi connectivity index (χ1) is 8.42. The Balaban J connectivity index is 2.30. The zero-order valence-corrected chi connectivity index (χ0v) is 11.2. The summed E-state index contributed by atoms with van der Waals surface area (Å²) < 4.78 is 0. The van der Waals surface area contributed by atoms with E-state index in [4.69, 9.17) is 0 Å². The third-order valence-electron chi connectivity index (χ3n) is 3.49. The van der Waals surface area contributed by atoms with Crippen molar-refractivity contribution in [2.24, 2.45) is 0 Å². The van der Waals surface area contributed by atoms with Crippen molar-refractivity contribution < 1.29 is 9.90 Å². The predicted molar refractivity (Wildman–Crippen MR) is 70.8 cm³/mol. The molecule has 1 aromatic carbocycles. The molecule has 0 bridgehead atoms. The van der Waals surface area contributed by atoms with Gasteiger partial charge < -0.3 is 15.3 Å². The summed E-state index contributed by atoms with van der Waals surface area (Å²) >= 11 is 0. The minimum absolute atomic E-state index is 0.0407. The standard InChI is InChI=1S/C14H20N2O2/c1-10-8-11(17)4-5-12(10)13(18)16-7-6-15-9-14(16,2)3/h4-5,8,15,17H,6-7,9H2,1-3H3. The number of rotatable bonds is 1. The third kappa shape index (κ3) is 2.34. The zero-order valence-electron chi connectivity index (χ0n) is 11.2. The average molecular weight is 248 g/mol. The number of hydrogen-bond acceptors (Lipinski definition) is 3. The van der Waals surface area contributed by atoms with Gasteiger partial charge in [0.15, 0.2) is 0 Å². The molecule has 98 valence electrons. The molecule has 18 heavy (non-hydrogen) atoms. The maximum Gasteiger partial charge on any atom is 0.254 e. The van der Waals surface area contributed by atoms with Crippen LogP contribution in [-0.4, -0.2) is 41.1 Å². The summed E-state index contributed by atoms with van der Waals surface area (Å²) in [7, 11) is 0. The zero-order chi connectivity index (χ0) is 13.3. The van der Waals surface area contributed by atoms with E-state index in [9.17, 15) is 9.90 Å². The topological polar surface area (TPSA) is 52.6 Å². The molecule has 4 nitrogen and oxygen atoms in total. The lowest BCUT2D eigenvalue weighted by Crippen LogP contribution is -2.59. The molecular weight excluding hydrogens is 228 g/mol. The van der Waals surface area contributed by atoms with Gasteiger partial charge in [0, 0.05) is 25.2 Å². The molecule has 4 heteroatoms. The van der Waals surface area contributed by atoms with E-state index >= 15 is 0 Å². The van der Waals surface area contributed by atoms with Crippen molar-refractivity contribution in [1.29, 1.82) is 0 Å². The van der Waals surface area contributed by atoms with Crippen molar-refractivity contribution in [1.82, 2.24) is 10.2 Å². The first-order valence-electron chi connectivity index (χ1n) is 6.24. The highest BCUT2D eigenvalue weighted by Gasteiger charge is 2.34. The number of piperazine rings is 1. The van der Waals surface area contributed by atoms with Crippen LogP contribution in [0.15, 0.2) is 18.2 Å². The van der Waals surface area contributed by atoms with Crippen molar-refractivity contribution in [2.45, 2.75) is 26.3 Å². The Morgan fingerprint density at radius 3 is 2.78 bits per heavy atom.